The van der Waals surface area contributed by atoms with E-state index in [9.17, 15) is 0 Å². The number of benzene rings is 3. The minimum absolute atomic E-state index is 0. The first kappa shape index (κ1) is 22.0. The molecule has 0 spiro atoms. The second kappa shape index (κ2) is 11.5. The summed E-state index contributed by atoms with van der Waals surface area (Å²) in [6.45, 7) is 0. The van der Waals surface area contributed by atoms with E-state index >= 15 is 0 Å². The zero-order chi connectivity index (χ0) is 19.7. The summed E-state index contributed by atoms with van der Waals surface area (Å²) < 4.78 is 0. The van der Waals surface area contributed by atoms with Crippen molar-refractivity contribution in [2.24, 2.45) is 0 Å². The summed E-state index contributed by atoms with van der Waals surface area (Å²) in [6.07, 6.45) is 0. The van der Waals surface area contributed by atoms with Crippen molar-refractivity contribution >= 4 is 19.2 Å². The smallest absolute Gasteiger partial charge is 0 e. The topological polar surface area (TPSA) is 0 Å². The van der Waals surface area contributed by atoms with E-state index in [2.05, 4.69) is 103 Å². The van der Waals surface area contributed by atoms with Crippen LogP contribution in [-0.4, -0.2) is 0 Å². The minimum Gasteiger partial charge on any atom is -0.748 e. The van der Waals surface area contributed by atoms with Crippen molar-refractivity contribution in [1.29, 1.82) is 0 Å². The standard InChI is InChI=1S/C23H18P.C5H5.Fe/c1-2-10-18(11-3-1)20-14-6-8-16-22(20)24-23-17-9-7-15-21(23)19-12-4-5-13-19;1-2-4-5-3-1;/h1-17,24H;1-5H;/q-1;-5;. The molecule has 0 aliphatic heterocycles. The van der Waals surface area contributed by atoms with Crippen molar-refractivity contribution < 1.29 is 17.1 Å². The Kier molecular flexibility index (Phi) is 8.42. The van der Waals surface area contributed by atoms with E-state index in [1.807, 2.05) is 30.3 Å². The molecule has 0 radical (unpaired) electrons. The van der Waals surface area contributed by atoms with Gasteiger partial charge in [-0.25, -0.2) is 0 Å². The van der Waals surface area contributed by atoms with Gasteiger partial charge in [-0.15, -0.1) is 23.8 Å². The van der Waals surface area contributed by atoms with Crippen LogP contribution in [0.4, 0.5) is 0 Å². The van der Waals surface area contributed by atoms with Gasteiger partial charge in [0.1, 0.15) is 0 Å². The van der Waals surface area contributed by atoms with Crippen molar-refractivity contribution in [2.45, 2.75) is 0 Å². The van der Waals surface area contributed by atoms with Crippen molar-refractivity contribution in [3.8, 4) is 22.3 Å². The fourth-order valence-electron chi connectivity index (χ4n) is 3.32. The summed E-state index contributed by atoms with van der Waals surface area (Å²) in [4.78, 5) is 0. The molecule has 5 aromatic rings. The van der Waals surface area contributed by atoms with Gasteiger partial charge in [0.05, 0.1) is 0 Å². The molecule has 0 saturated heterocycles. The van der Waals surface area contributed by atoms with E-state index in [1.54, 1.807) is 0 Å². The number of rotatable bonds is 4. The van der Waals surface area contributed by atoms with Gasteiger partial charge in [0.25, 0.3) is 0 Å². The van der Waals surface area contributed by atoms with Crippen LogP contribution >= 0.6 is 8.58 Å². The minimum atomic E-state index is 0. The Balaban J connectivity index is 0.000000376. The molecule has 154 valence electrons. The molecule has 1 atom stereocenters. The molecule has 0 heterocycles. The average Bonchev–Trinajstić information content (AvgIpc) is 3.52. The maximum atomic E-state index is 2.25. The summed E-state index contributed by atoms with van der Waals surface area (Å²) in [6, 6.07) is 46.7. The fourth-order valence-corrected chi connectivity index (χ4v) is 4.70. The number of hydrogen-bond donors (Lipinski definition) is 0. The second-order valence-electron chi connectivity index (χ2n) is 6.72. The molecule has 0 bridgehead atoms. The normalized spacial score (nSPS) is 10.3. The van der Waals surface area contributed by atoms with Crippen LogP contribution < -0.4 is 10.6 Å². The third-order valence-corrected chi connectivity index (χ3v) is 6.15. The SMILES string of the molecule is [Fe].[cH-]1[cH-][cH-][cH-][cH-]1.c1ccc(-c2ccccc2Pc2ccccc2-[c-]2cccc2)cc1. The molecule has 0 N–H and O–H groups in total. The van der Waals surface area contributed by atoms with Crippen LogP contribution in [0.2, 0.25) is 0 Å². The monoisotopic (exact) mass is 446 g/mol. The summed E-state index contributed by atoms with van der Waals surface area (Å²) in [5.74, 6) is 0. The molecular formula is C28H23FeP-6. The predicted octanol–water partition coefficient (Wildman–Crippen LogP) is 6.77. The molecule has 0 nitrogen and oxygen atoms in total. The maximum Gasteiger partial charge on any atom is 0 e. The Morgan fingerprint density at radius 1 is 0.533 bits per heavy atom. The summed E-state index contributed by atoms with van der Waals surface area (Å²) in [7, 11) is 0.638. The third-order valence-electron chi connectivity index (χ3n) is 4.74. The van der Waals surface area contributed by atoms with Crippen LogP contribution in [0.25, 0.3) is 22.3 Å². The summed E-state index contributed by atoms with van der Waals surface area (Å²) in [5, 5.41) is 2.79. The molecule has 0 aliphatic carbocycles. The molecule has 0 fully saturated rings. The van der Waals surface area contributed by atoms with Crippen molar-refractivity contribution in [2.75, 3.05) is 0 Å². The molecule has 0 amide bonds. The Hall–Kier alpha value is -2.69. The molecule has 2 heteroatoms. The Labute approximate surface area is 191 Å². The van der Waals surface area contributed by atoms with Crippen LogP contribution in [0, 0.1) is 0 Å². The zero-order valence-electron chi connectivity index (χ0n) is 16.6. The Morgan fingerprint density at radius 3 is 1.73 bits per heavy atom. The van der Waals surface area contributed by atoms with Gasteiger partial charge in [0.2, 0.25) is 0 Å². The van der Waals surface area contributed by atoms with Gasteiger partial charge in [-0.05, 0) is 16.4 Å². The first-order valence-electron chi connectivity index (χ1n) is 9.81. The summed E-state index contributed by atoms with van der Waals surface area (Å²) >= 11 is 0. The van der Waals surface area contributed by atoms with E-state index in [-0.39, 0.29) is 17.1 Å². The van der Waals surface area contributed by atoms with E-state index < -0.39 is 0 Å². The molecule has 0 aliphatic rings. The molecule has 1 unspecified atom stereocenters. The largest absolute Gasteiger partial charge is 0.748 e. The molecule has 30 heavy (non-hydrogen) atoms. The van der Waals surface area contributed by atoms with Crippen molar-refractivity contribution in [1.82, 2.24) is 0 Å². The van der Waals surface area contributed by atoms with E-state index in [1.165, 1.54) is 32.9 Å². The third kappa shape index (κ3) is 5.68. The van der Waals surface area contributed by atoms with Crippen LogP contribution in [0.5, 0.6) is 0 Å². The van der Waals surface area contributed by atoms with Crippen molar-refractivity contribution in [3.05, 3.63) is 133 Å². The Bertz CT molecular complexity index is 1090. The van der Waals surface area contributed by atoms with Gasteiger partial charge in [-0.2, -0.15) is 12.1 Å². The molecule has 5 rings (SSSR count). The second-order valence-corrected chi connectivity index (χ2v) is 8.05. The molecular weight excluding hydrogens is 423 g/mol. The van der Waals surface area contributed by atoms with Crippen LogP contribution in [0.3, 0.4) is 0 Å². The fraction of sp³-hybridized carbons (Fsp3) is 0. The van der Waals surface area contributed by atoms with Gasteiger partial charge in [-0.1, -0.05) is 92.2 Å². The van der Waals surface area contributed by atoms with E-state index in [0.29, 0.717) is 8.58 Å². The van der Waals surface area contributed by atoms with Crippen molar-refractivity contribution in [3.63, 3.8) is 0 Å². The molecule has 0 aromatic heterocycles. The zero-order valence-corrected chi connectivity index (χ0v) is 18.7. The van der Waals surface area contributed by atoms with Gasteiger partial charge in [0, 0.05) is 17.1 Å². The first-order valence-corrected chi connectivity index (χ1v) is 10.8. The van der Waals surface area contributed by atoms with Gasteiger partial charge in [-0.3, -0.25) is 0 Å². The van der Waals surface area contributed by atoms with Crippen LogP contribution in [0.1, 0.15) is 0 Å². The number of hydrogen-bond acceptors (Lipinski definition) is 0. The quantitative estimate of drug-likeness (QED) is 0.162. The van der Waals surface area contributed by atoms with Crippen LogP contribution in [0.15, 0.2) is 133 Å². The average molecular weight is 446 g/mol. The maximum absolute atomic E-state index is 2.25. The van der Waals surface area contributed by atoms with Gasteiger partial charge < -0.3 is 30.3 Å². The first-order chi connectivity index (χ1) is 14.4. The molecule has 5 aromatic carbocycles. The van der Waals surface area contributed by atoms with E-state index in [0.717, 1.165) is 0 Å². The van der Waals surface area contributed by atoms with E-state index in [4.69, 9.17) is 0 Å². The van der Waals surface area contributed by atoms with Gasteiger partial charge in [0.15, 0.2) is 0 Å². The Morgan fingerprint density at radius 2 is 1.07 bits per heavy atom. The van der Waals surface area contributed by atoms with Crippen LogP contribution in [-0.2, 0) is 17.1 Å². The summed E-state index contributed by atoms with van der Waals surface area (Å²) in [5.41, 5.74) is 5.25. The van der Waals surface area contributed by atoms with Gasteiger partial charge >= 0.3 is 0 Å². The predicted molar refractivity (Wildman–Crippen MR) is 129 cm³/mol. The molecule has 0 saturated carbocycles.